The zero-order chi connectivity index (χ0) is 13.1. The molecular weight excluding hydrogens is 242 g/mol. The Morgan fingerprint density at radius 2 is 2.17 bits per heavy atom. The maximum absolute atomic E-state index is 11.6. The van der Waals surface area contributed by atoms with Crippen molar-refractivity contribution in [3.63, 3.8) is 0 Å². The van der Waals surface area contributed by atoms with E-state index in [1.165, 1.54) is 11.0 Å². The molecule has 0 aliphatic carbocycles. The smallest absolute Gasteiger partial charge is 0.410 e. The SMILES string of the molecule is C=CCOC(=O)N1CC2OCC(C(=O)O)OC2C1. The fourth-order valence-electron chi connectivity index (χ4n) is 2.00. The van der Waals surface area contributed by atoms with Crippen LogP contribution in [0.4, 0.5) is 4.79 Å². The van der Waals surface area contributed by atoms with E-state index in [0.717, 1.165) is 0 Å². The number of fused-ring (bicyclic) bond motifs is 1. The number of carbonyl (C=O) groups excluding carboxylic acids is 1. The highest BCUT2D eigenvalue weighted by molar-refractivity contribution is 5.72. The number of ether oxygens (including phenoxy) is 3. The van der Waals surface area contributed by atoms with Crippen LogP contribution in [0, 0.1) is 0 Å². The standard InChI is InChI=1S/C11H15NO6/c1-2-3-16-11(15)12-4-7-8(5-12)18-9(6-17-7)10(13)14/h2,7-9H,1,3-6H2,(H,13,14). The summed E-state index contributed by atoms with van der Waals surface area (Å²) in [7, 11) is 0. The molecule has 3 unspecified atom stereocenters. The van der Waals surface area contributed by atoms with E-state index in [0.29, 0.717) is 6.54 Å². The first-order valence-electron chi connectivity index (χ1n) is 5.64. The molecule has 7 heteroatoms. The van der Waals surface area contributed by atoms with Gasteiger partial charge < -0.3 is 24.2 Å². The number of nitrogens with zero attached hydrogens (tertiary/aromatic N) is 1. The molecule has 0 saturated carbocycles. The number of aliphatic carboxylic acids is 1. The lowest BCUT2D eigenvalue weighted by molar-refractivity contribution is -0.187. The van der Waals surface area contributed by atoms with E-state index in [1.54, 1.807) is 0 Å². The number of carboxylic acid groups (broad SMARTS) is 1. The molecule has 1 amide bonds. The number of amides is 1. The Morgan fingerprint density at radius 1 is 1.44 bits per heavy atom. The number of hydrogen-bond acceptors (Lipinski definition) is 5. The van der Waals surface area contributed by atoms with Gasteiger partial charge in [0.25, 0.3) is 0 Å². The number of hydrogen-bond donors (Lipinski definition) is 1. The van der Waals surface area contributed by atoms with Crippen LogP contribution in [0.15, 0.2) is 12.7 Å². The molecule has 2 aliphatic heterocycles. The van der Waals surface area contributed by atoms with Gasteiger partial charge in [-0.3, -0.25) is 0 Å². The molecule has 0 aromatic carbocycles. The van der Waals surface area contributed by atoms with Gasteiger partial charge in [-0.05, 0) is 0 Å². The lowest BCUT2D eigenvalue weighted by Crippen LogP contribution is -2.45. The summed E-state index contributed by atoms with van der Waals surface area (Å²) in [5.41, 5.74) is 0. The number of carboxylic acids is 1. The van der Waals surface area contributed by atoms with Gasteiger partial charge in [0.05, 0.1) is 19.7 Å². The summed E-state index contributed by atoms with van der Waals surface area (Å²) in [4.78, 5) is 23.8. The summed E-state index contributed by atoms with van der Waals surface area (Å²) in [6, 6.07) is 0. The fourth-order valence-corrected chi connectivity index (χ4v) is 2.00. The highest BCUT2D eigenvalue weighted by atomic mass is 16.6. The van der Waals surface area contributed by atoms with E-state index in [-0.39, 0.29) is 25.9 Å². The molecule has 2 saturated heterocycles. The molecule has 18 heavy (non-hydrogen) atoms. The lowest BCUT2D eigenvalue weighted by Gasteiger charge is -2.29. The van der Waals surface area contributed by atoms with Crippen LogP contribution in [0.5, 0.6) is 0 Å². The van der Waals surface area contributed by atoms with Crippen molar-refractivity contribution < 1.29 is 28.9 Å². The number of carbonyl (C=O) groups is 2. The van der Waals surface area contributed by atoms with Crippen molar-refractivity contribution in [2.24, 2.45) is 0 Å². The highest BCUT2D eigenvalue weighted by Gasteiger charge is 2.43. The first kappa shape index (κ1) is 12.8. The van der Waals surface area contributed by atoms with Crippen molar-refractivity contribution in [3.8, 4) is 0 Å². The highest BCUT2D eigenvalue weighted by Crippen LogP contribution is 2.23. The van der Waals surface area contributed by atoms with Crippen molar-refractivity contribution in [2.75, 3.05) is 26.3 Å². The summed E-state index contributed by atoms with van der Waals surface area (Å²) in [5.74, 6) is -1.05. The van der Waals surface area contributed by atoms with E-state index in [4.69, 9.17) is 19.3 Å². The Hall–Kier alpha value is -1.60. The van der Waals surface area contributed by atoms with Crippen molar-refractivity contribution in [1.29, 1.82) is 0 Å². The zero-order valence-corrected chi connectivity index (χ0v) is 9.78. The second-order valence-corrected chi connectivity index (χ2v) is 4.14. The molecular formula is C11H15NO6. The summed E-state index contributed by atoms with van der Waals surface area (Å²) in [6.07, 6.45) is -0.638. The quantitative estimate of drug-likeness (QED) is 0.708. The predicted molar refractivity (Wildman–Crippen MR) is 59.2 cm³/mol. The van der Waals surface area contributed by atoms with Crippen LogP contribution in [0.3, 0.4) is 0 Å². The molecule has 0 bridgehead atoms. The Kier molecular flexibility index (Phi) is 3.83. The van der Waals surface area contributed by atoms with E-state index >= 15 is 0 Å². The summed E-state index contributed by atoms with van der Waals surface area (Å²) >= 11 is 0. The Bertz CT molecular complexity index is 357. The van der Waals surface area contributed by atoms with Crippen LogP contribution in [0.25, 0.3) is 0 Å². The van der Waals surface area contributed by atoms with Gasteiger partial charge in [-0.15, -0.1) is 0 Å². The van der Waals surface area contributed by atoms with E-state index in [2.05, 4.69) is 6.58 Å². The van der Waals surface area contributed by atoms with Gasteiger partial charge in [0.2, 0.25) is 0 Å². The first-order chi connectivity index (χ1) is 8.61. The minimum Gasteiger partial charge on any atom is -0.479 e. The van der Waals surface area contributed by atoms with Gasteiger partial charge in [-0.25, -0.2) is 9.59 Å². The van der Waals surface area contributed by atoms with Crippen LogP contribution in [0.1, 0.15) is 0 Å². The Balaban J connectivity index is 1.89. The molecule has 2 heterocycles. The molecule has 0 aromatic rings. The van der Waals surface area contributed by atoms with Gasteiger partial charge >= 0.3 is 12.1 Å². The molecule has 0 spiro atoms. The molecule has 100 valence electrons. The van der Waals surface area contributed by atoms with Crippen molar-refractivity contribution >= 4 is 12.1 Å². The summed E-state index contributed by atoms with van der Waals surface area (Å²) in [6.45, 7) is 4.24. The van der Waals surface area contributed by atoms with Crippen LogP contribution < -0.4 is 0 Å². The van der Waals surface area contributed by atoms with Gasteiger partial charge in [-0.1, -0.05) is 12.7 Å². The third-order valence-electron chi connectivity index (χ3n) is 2.87. The lowest BCUT2D eigenvalue weighted by atomic mass is 10.2. The van der Waals surface area contributed by atoms with E-state index in [1.807, 2.05) is 0 Å². The second-order valence-electron chi connectivity index (χ2n) is 4.14. The van der Waals surface area contributed by atoms with Crippen LogP contribution >= 0.6 is 0 Å². The number of likely N-dealkylation sites (tertiary alicyclic amines) is 1. The monoisotopic (exact) mass is 257 g/mol. The topological polar surface area (TPSA) is 85.3 Å². The van der Waals surface area contributed by atoms with Gasteiger partial charge in [0.15, 0.2) is 6.10 Å². The predicted octanol–water partition coefficient (Wildman–Crippen LogP) is -0.138. The average Bonchev–Trinajstić information content (AvgIpc) is 2.78. The zero-order valence-electron chi connectivity index (χ0n) is 9.78. The largest absolute Gasteiger partial charge is 0.479 e. The summed E-state index contributed by atoms with van der Waals surface area (Å²) in [5, 5.41) is 8.83. The maximum Gasteiger partial charge on any atom is 0.410 e. The van der Waals surface area contributed by atoms with Crippen LogP contribution in [-0.2, 0) is 19.0 Å². The number of rotatable bonds is 3. The Labute approximate surface area is 104 Å². The second kappa shape index (κ2) is 5.36. The van der Waals surface area contributed by atoms with E-state index in [9.17, 15) is 9.59 Å². The molecule has 7 nitrogen and oxygen atoms in total. The normalized spacial score (nSPS) is 30.7. The fraction of sp³-hybridized carbons (Fsp3) is 0.636. The molecule has 0 radical (unpaired) electrons. The van der Waals surface area contributed by atoms with Crippen LogP contribution in [0.2, 0.25) is 0 Å². The molecule has 1 N–H and O–H groups in total. The third kappa shape index (κ3) is 2.62. The van der Waals surface area contributed by atoms with Crippen molar-refractivity contribution in [3.05, 3.63) is 12.7 Å². The summed E-state index contributed by atoms with van der Waals surface area (Å²) < 4.78 is 15.6. The molecule has 2 rings (SSSR count). The molecule has 2 aliphatic rings. The van der Waals surface area contributed by atoms with Gasteiger partial charge in [0, 0.05) is 0 Å². The van der Waals surface area contributed by atoms with Gasteiger partial charge in [0.1, 0.15) is 18.8 Å². The Morgan fingerprint density at radius 3 is 2.83 bits per heavy atom. The molecule has 0 aromatic heterocycles. The third-order valence-corrected chi connectivity index (χ3v) is 2.87. The van der Waals surface area contributed by atoms with Crippen LogP contribution in [-0.4, -0.2) is 66.7 Å². The van der Waals surface area contributed by atoms with Gasteiger partial charge in [-0.2, -0.15) is 0 Å². The maximum atomic E-state index is 11.6. The van der Waals surface area contributed by atoms with Crippen molar-refractivity contribution in [2.45, 2.75) is 18.3 Å². The molecule has 3 atom stereocenters. The first-order valence-corrected chi connectivity index (χ1v) is 5.64. The van der Waals surface area contributed by atoms with E-state index < -0.39 is 24.3 Å². The van der Waals surface area contributed by atoms with Crippen molar-refractivity contribution in [1.82, 2.24) is 4.90 Å². The molecule has 2 fully saturated rings. The minimum absolute atomic E-state index is 0.00600. The minimum atomic E-state index is -1.05. The average molecular weight is 257 g/mol.